The van der Waals surface area contributed by atoms with Crippen LogP contribution in [0, 0.1) is 11.6 Å². The highest BCUT2D eigenvalue weighted by molar-refractivity contribution is 5.24. The van der Waals surface area contributed by atoms with Crippen molar-refractivity contribution in [3.05, 3.63) is 29.8 Å². The average molecular weight is 257 g/mol. The highest BCUT2D eigenvalue weighted by Crippen LogP contribution is 2.17. The molecule has 0 bridgehead atoms. The largest absolute Gasteiger partial charge is 0.489 e. The molecule has 0 unspecified atom stereocenters. The molecule has 0 aromatic heterocycles. The van der Waals surface area contributed by atoms with E-state index >= 15 is 0 Å². The highest BCUT2D eigenvalue weighted by atomic mass is 19.1. The van der Waals surface area contributed by atoms with Gasteiger partial charge in [-0.2, -0.15) is 0 Å². The number of hydrogen-bond acceptors (Lipinski definition) is 2. The molecule has 0 saturated carbocycles. The second-order valence-corrected chi connectivity index (χ2v) is 4.23. The minimum Gasteiger partial charge on any atom is -0.489 e. The quantitative estimate of drug-likeness (QED) is 0.683. The minimum absolute atomic E-state index is 0.101. The van der Waals surface area contributed by atoms with Gasteiger partial charge in [0.25, 0.3) is 0 Å². The summed E-state index contributed by atoms with van der Waals surface area (Å²) in [6.45, 7) is 4.19. The Hall–Kier alpha value is -1.16. The van der Waals surface area contributed by atoms with E-state index in [1.54, 1.807) is 0 Å². The number of nitrogens with one attached hydrogen (secondary N) is 1. The normalized spacial score (nSPS) is 10.6. The topological polar surface area (TPSA) is 21.3 Å². The van der Waals surface area contributed by atoms with Gasteiger partial charge in [0.1, 0.15) is 12.4 Å². The molecule has 0 radical (unpaired) electrons. The van der Waals surface area contributed by atoms with E-state index in [0.29, 0.717) is 13.2 Å². The van der Waals surface area contributed by atoms with E-state index in [2.05, 4.69) is 12.2 Å². The highest BCUT2D eigenvalue weighted by Gasteiger charge is 2.03. The van der Waals surface area contributed by atoms with Crippen molar-refractivity contribution < 1.29 is 13.5 Å². The van der Waals surface area contributed by atoms with Crippen LogP contribution >= 0.6 is 0 Å². The number of rotatable bonds is 9. The van der Waals surface area contributed by atoms with Crippen LogP contribution in [0.15, 0.2) is 18.2 Å². The second-order valence-electron chi connectivity index (χ2n) is 4.23. The zero-order chi connectivity index (χ0) is 13.2. The maximum atomic E-state index is 13.2. The van der Waals surface area contributed by atoms with Crippen LogP contribution in [0.25, 0.3) is 0 Å². The predicted molar refractivity (Wildman–Crippen MR) is 68.9 cm³/mol. The molecule has 0 fully saturated rings. The van der Waals surface area contributed by atoms with Crippen molar-refractivity contribution in [1.82, 2.24) is 5.32 Å². The number of halogens is 2. The molecule has 18 heavy (non-hydrogen) atoms. The van der Waals surface area contributed by atoms with Crippen molar-refractivity contribution in [2.45, 2.75) is 32.6 Å². The van der Waals surface area contributed by atoms with Crippen LogP contribution in [0.4, 0.5) is 8.78 Å². The lowest BCUT2D eigenvalue weighted by atomic mass is 10.2. The summed E-state index contributed by atoms with van der Waals surface area (Å²) in [6.07, 6.45) is 4.88. The molecule has 0 spiro atoms. The predicted octanol–water partition coefficient (Wildman–Crippen LogP) is 3.51. The van der Waals surface area contributed by atoms with E-state index in [9.17, 15) is 8.78 Å². The Bertz CT molecular complexity index is 345. The molecule has 0 aliphatic rings. The summed E-state index contributed by atoms with van der Waals surface area (Å²) >= 11 is 0. The zero-order valence-electron chi connectivity index (χ0n) is 10.8. The van der Waals surface area contributed by atoms with E-state index in [-0.39, 0.29) is 5.75 Å². The Morgan fingerprint density at radius 2 is 1.94 bits per heavy atom. The molecular weight excluding hydrogens is 236 g/mol. The fourth-order valence-corrected chi connectivity index (χ4v) is 1.63. The molecule has 1 N–H and O–H groups in total. The van der Waals surface area contributed by atoms with Crippen LogP contribution < -0.4 is 10.1 Å². The van der Waals surface area contributed by atoms with Gasteiger partial charge in [-0.05, 0) is 25.1 Å². The fourth-order valence-electron chi connectivity index (χ4n) is 1.63. The standard InChI is InChI=1S/C14H21F2NO/c1-2-3-4-5-8-17-9-10-18-14-7-6-12(15)11-13(14)16/h6-7,11,17H,2-5,8-10H2,1H3. The molecular formula is C14H21F2NO. The van der Waals surface area contributed by atoms with Gasteiger partial charge in [-0.25, -0.2) is 8.78 Å². The van der Waals surface area contributed by atoms with E-state index in [1.807, 2.05) is 0 Å². The zero-order valence-corrected chi connectivity index (χ0v) is 10.8. The van der Waals surface area contributed by atoms with E-state index in [1.165, 1.54) is 31.4 Å². The molecule has 1 aromatic rings. The molecule has 0 saturated heterocycles. The molecule has 1 rings (SSSR count). The van der Waals surface area contributed by atoms with Crippen molar-refractivity contribution in [2.24, 2.45) is 0 Å². The fraction of sp³-hybridized carbons (Fsp3) is 0.571. The Morgan fingerprint density at radius 3 is 2.67 bits per heavy atom. The van der Waals surface area contributed by atoms with Gasteiger partial charge in [-0.3, -0.25) is 0 Å². The first-order valence-corrected chi connectivity index (χ1v) is 6.52. The monoisotopic (exact) mass is 257 g/mol. The van der Waals surface area contributed by atoms with Gasteiger partial charge < -0.3 is 10.1 Å². The molecule has 0 amide bonds. The molecule has 1 aromatic carbocycles. The van der Waals surface area contributed by atoms with Gasteiger partial charge in [-0.1, -0.05) is 26.2 Å². The Labute approximate surface area is 107 Å². The summed E-state index contributed by atoms with van der Waals surface area (Å²) < 4.78 is 31.0. The Morgan fingerprint density at radius 1 is 1.11 bits per heavy atom. The summed E-state index contributed by atoms with van der Waals surface area (Å²) in [4.78, 5) is 0. The smallest absolute Gasteiger partial charge is 0.167 e. The van der Waals surface area contributed by atoms with Crippen LogP contribution in [-0.2, 0) is 0 Å². The molecule has 0 aliphatic heterocycles. The van der Waals surface area contributed by atoms with Crippen molar-refractivity contribution in [3.8, 4) is 5.75 Å². The van der Waals surface area contributed by atoms with Crippen LogP contribution in [0.2, 0.25) is 0 Å². The average Bonchev–Trinajstić information content (AvgIpc) is 2.35. The van der Waals surface area contributed by atoms with Crippen molar-refractivity contribution in [1.29, 1.82) is 0 Å². The lowest BCUT2D eigenvalue weighted by Gasteiger charge is -2.08. The van der Waals surface area contributed by atoms with Crippen LogP contribution in [0.3, 0.4) is 0 Å². The Kier molecular flexibility index (Phi) is 7.34. The third kappa shape index (κ3) is 5.96. The van der Waals surface area contributed by atoms with Crippen molar-refractivity contribution >= 4 is 0 Å². The first kappa shape index (κ1) is 14.9. The van der Waals surface area contributed by atoms with Crippen LogP contribution in [0.5, 0.6) is 5.75 Å². The second kappa shape index (κ2) is 8.86. The number of hydrogen-bond donors (Lipinski definition) is 1. The summed E-state index contributed by atoms with van der Waals surface area (Å²) in [7, 11) is 0. The number of ether oxygens (including phenoxy) is 1. The third-order valence-electron chi connectivity index (χ3n) is 2.64. The summed E-state index contributed by atoms with van der Waals surface area (Å²) in [5.41, 5.74) is 0. The van der Waals surface area contributed by atoms with E-state index in [4.69, 9.17) is 4.74 Å². The van der Waals surface area contributed by atoms with Gasteiger partial charge in [0, 0.05) is 12.6 Å². The maximum absolute atomic E-state index is 13.2. The minimum atomic E-state index is -0.655. The van der Waals surface area contributed by atoms with Gasteiger partial charge in [-0.15, -0.1) is 0 Å². The lowest BCUT2D eigenvalue weighted by Crippen LogP contribution is -2.22. The van der Waals surface area contributed by atoms with E-state index in [0.717, 1.165) is 19.0 Å². The third-order valence-corrected chi connectivity index (χ3v) is 2.64. The summed E-state index contributed by atoms with van der Waals surface area (Å²) in [5, 5.41) is 3.22. The van der Waals surface area contributed by atoms with Crippen molar-refractivity contribution in [2.75, 3.05) is 19.7 Å². The Balaban J connectivity index is 2.07. The van der Waals surface area contributed by atoms with Gasteiger partial charge in [0.2, 0.25) is 0 Å². The molecule has 2 nitrogen and oxygen atoms in total. The SMILES string of the molecule is CCCCCCNCCOc1ccc(F)cc1F. The molecule has 0 heterocycles. The maximum Gasteiger partial charge on any atom is 0.167 e. The van der Waals surface area contributed by atoms with E-state index < -0.39 is 11.6 Å². The van der Waals surface area contributed by atoms with Crippen molar-refractivity contribution in [3.63, 3.8) is 0 Å². The molecule has 0 atom stereocenters. The van der Waals surface area contributed by atoms with Crippen LogP contribution in [-0.4, -0.2) is 19.7 Å². The van der Waals surface area contributed by atoms with Gasteiger partial charge in [0.05, 0.1) is 0 Å². The first-order chi connectivity index (χ1) is 8.74. The number of unbranched alkanes of at least 4 members (excludes halogenated alkanes) is 3. The number of benzene rings is 1. The molecule has 102 valence electrons. The first-order valence-electron chi connectivity index (χ1n) is 6.52. The molecule has 0 aliphatic carbocycles. The van der Waals surface area contributed by atoms with Gasteiger partial charge in [0.15, 0.2) is 11.6 Å². The van der Waals surface area contributed by atoms with Gasteiger partial charge >= 0.3 is 0 Å². The van der Waals surface area contributed by atoms with Crippen LogP contribution in [0.1, 0.15) is 32.6 Å². The lowest BCUT2D eigenvalue weighted by molar-refractivity contribution is 0.297. The summed E-state index contributed by atoms with van der Waals surface area (Å²) in [6, 6.07) is 3.33. The summed E-state index contributed by atoms with van der Waals surface area (Å²) in [5.74, 6) is -1.14. The molecule has 4 heteroatoms.